The zero-order chi connectivity index (χ0) is 23.3. The van der Waals surface area contributed by atoms with Crippen molar-refractivity contribution in [2.24, 2.45) is 0 Å². The van der Waals surface area contributed by atoms with Gasteiger partial charge in [0.2, 0.25) is 5.91 Å². The van der Waals surface area contributed by atoms with E-state index in [1.165, 1.54) is 37.5 Å². The average Bonchev–Trinajstić information content (AvgIpc) is 3.01. The van der Waals surface area contributed by atoms with Crippen LogP contribution < -0.4 is 14.8 Å². The van der Waals surface area contributed by atoms with Gasteiger partial charge >= 0.3 is 0 Å². The van der Waals surface area contributed by atoms with Crippen molar-refractivity contribution in [3.05, 3.63) is 70.4 Å². The van der Waals surface area contributed by atoms with Crippen LogP contribution in [0.15, 0.2) is 54.0 Å². The minimum Gasteiger partial charge on any atom is -0.493 e. The predicted octanol–water partition coefficient (Wildman–Crippen LogP) is 4.73. The lowest BCUT2D eigenvalue weighted by Gasteiger charge is -2.13. The molecule has 2 aromatic rings. The second-order valence-electron chi connectivity index (χ2n) is 6.46. The fourth-order valence-corrected chi connectivity index (χ4v) is 3.88. The Labute approximate surface area is 192 Å². The SMILES string of the molecule is C=CCOc1c(Cl)cc(/C=C2\SC(=O)N(CC(=O)Nc3ccc(F)cc3)C2=O)cc1OC. The predicted molar refractivity (Wildman–Crippen MR) is 121 cm³/mol. The van der Waals surface area contributed by atoms with Gasteiger partial charge in [-0.1, -0.05) is 24.3 Å². The topological polar surface area (TPSA) is 84.9 Å². The summed E-state index contributed by atoms with van der Waals surface area (Å²) in [6.45, 7) is 3.33. The summed E-state index contributed by atoms with van der Waals surface area (Å²) in [5.74, 6) is -0.971. The lowest BCUT2D eigenvalue weighted by Crippen LogP contribution is -2.36. The lowest BCUT2D eigenvalue weighted by atomic mass is 10.1. The number of imide groups is 1. The maximum atomic E-state index is 13.0. The van der Waals surface area contributed by atoms with Gasteiger partial charge in [-0.25, -0.2) is 4.39 Å². The molecule has 0 atom stereocenters. The number of amides is 3. The van der Waals surface area contributed by atoms with Crippen molar-refractivity contribution in [3.8, 4) is 11.5 Å². The number of rotatable bonds is 8. The number of ether oxygens (including phenoxy) is 2. The van der Waals surface area contributed by atoms with E-state index in [1.807, 2.05) is 0 Å². The van der Waals surface area contributed by atoms with Crippen molar-refractivity contribution in [2.75, 3.05) is 25.6 Å². The van der Waals surface area contributed by atoms with Crippen LogP contribution in [-0.4, -0.2) is 42.2 Å². The first kappa shape index (κ1) is 23.4. The summed E-state index contributed by atoms with van der Waals surface area (Å²) in [4.78, 5) is 38.2. The van der Waals surface area contributed by atoms with Crippen molar-refractivity contribution in [1.29, 1.82) is 0 Å². The zero-order valence-electron chi connectivity index (χ0n) is 16.9. The number of anilines is 1. The largest absolute Gasteiger partial charge is 0.493 e. The molecule has 0 aromatic heterocycles. The maximum absolute atomic E-state index is 13.0. The molecular formula is C22H18ClFN2O5S. The number of nitrogens with zero attached hydrogens (tertiary/aromatic N) is 1. The Morgan fingerprint density at radius 2 is 2.00 bits per heavy atom. The highest BCUT2D eigenvalue weighted by molar-refractivity contribution is 8.18. The van der Waals surface area contributed by atoms with Crippen LogP contribution >= 0.6 is 23.4 Å². The highest BCUT2D eigenvalue weighted by Crippen LogP contribution is 2.39. The standard InChI is InChI=1S/C22H18ClFN2O5S/c1-3-8-31-20-16(23)9-13(10-17(20)30-2)11-18-21(28)26(22(29)32-18)12-19(27)25-15-6-4-14(24)5-7-15/h3-7,9-11H,1,8,12H2,2H3,(H,25,27)/b18-11-. The molecule has 0 unspecified atom stereocenters. The van der Waals surface area contributed by atoms with Crippen molar-refractivity contribution >= 4 is 52.2 Å². The molecule has 0 aliphatic carbocycles. The summed E-state index contributed by atoms with van der Waals surface area (Å²) in [5.41, 5.74) is 0.860. The zero-order valence-corrected chi connectivity index (χ0v) is 18.5. The third-order valence-electron chi connectivity index (χ3n) is 4.20. The molecule has 1 fully saturated rings. The molecule has 166 valence electrons. The number of benzene rings is 2. The van der Waals surface area contributed by atoms with E-state index in [0.717, 1.165) is 4.90 Å². The number of thioether (sulfide) groups is 1. The molecule has 1 aliphatic rings. The molecule has 2 aromatic carbocycles. The molecule has 1 N–H and O–H groups in total. The first-order valence-corrected chi connectivity index (χ1v) is 10.4. The van der Waals surface area contributed by atoms with Gasteiger partial charge in [-0.3, -0.25) is 19.3 Å². The maximum Gasteiger partial charge on any atom is 0.294 e. The van der Waals surface area contributed by atoms with Crippen LogP contribution in [0.4, 0.5) is 14.9 Å². The van der Waals surface area contributed by atoms with Gasteiger partial charge in [0.25, 0.3) is 11.1 Å². The van der Waals surface area contributed by atoms with Crippen LogP contribution in [0.3, 0.4) is 0 Å². The molecule has 3 rings (SSSR count). The van der Waals surface area contributed by atoms with E-state index >= 15 is 0 Å². The number of nitrogens with one attached hydrogen (secondary N) is 1. The van der Waals surface area contributed by atoms with E-state index in [0.29, 0.717) is 34.5 Å². The molecule has 0 radical (unpaired) electrons. The highest BCUT2D eigenvalue weighted by Gasteiger charge is 2.36. The Bertz CT molecular complexity index is 1100. The summed E-state index contributed by atoms with van der Waals surface area (Å²) in [5, 5.41) is 2.19. The smallest absolute Gasteiger partial charge is 0.294 e. The fourth-order valence-electron chi connectivity index (χ4n) is 2.77. The van der Waals surface area contributed by atoms with Crippen LogP contribution in [0.5, 0.6) is 11.5 Å². The quantitative estimate of drug-likeness (QED) is 0.438. The third-order valence-corrected chi connectivity index (χ3v) is 5.39. The first-order chi connectivity index (χ1) is 15.3. The second-order valence-corrected chi connectivity index (χ2v) is 7.86. The number of methoxy groups -OCH3 is 1. The third kappa shape index (κ3) is 5.49. The Balaban J connectivity index is 1.74. The number of carbonyl (C=O) groups is 3. The molecule has 0 spiro atoms. The Hall–Kier alpha value is -3.30. The first-order valence-electron chi connectivity index (χ1n) is 9.24. The molecule has 0 bridgehead atoms. The van der Waals surface area contributed by atoms with Crippen LogP contribution in [0.2, 0.25) is 5.02 Å². The number of carbonyl (C=O) groups excluding carboxylic acids is 3. The van der Waals surface area contributed by atoms with Gasteiger partial charge in [-0.05, 0) is 59.8 Å². The van der Waals surface area contributed by atoms with Crippen LogP contribution in [0.1, 0.15) is 5.56 Å². The van der Waals surface area contributed by atoms with Gasteiger partial charge < -0.3 is 14.8 Å². The molecule has 1 saturated heterocycles. The van der Waals surface area contributed by atoms with Gasteiger partial charge in [0.05, 0.1) is 17.0 Å². The number of hydrogen-bond donors (Lipinski definition) is 1. The van der Waals surface area contributed by atoms with Crippen molar-refractivity contribution in [1.82, 2.24) is 4.90 Å². The second kappa shape index (κ2) is 10.3. The fraction of sp³-hybridized carbons (Fsp3) is 0.136. The molecule has 1 aliphatic heterocycles. The van der Waals surface area contributed by atoms with Crippen LogP contribution in [0, 0.1) is 5.82 Å². The molecular weight excluding hydrogens is 459 g/mol. The average molecular weight is 477 g/mol. The van der Waals surface area contributed by atoms with Crippen LogP contribution in [0.25, 0.3) is 6.08 Å². The molecule has 10 heteroatoms. The minimum absolute atomic E-state index is 0.127. The van der Waals surface area contributed by atoms with E-state index < -0.39 is 29.4 Å². The van der Waals surface area contributed by atoms with Crippen LogP contribution in [-0.2, 0) is 9.59 Å². The molecule has 0 saturated carbocycles. The van der Waals surface area contributed by atoms with Gasteiger partial charge in [-0.15, -0.1) is 0 Å². The van der Waals surface area contributed by atoms with E-state index in [2.05, 4.69) is 11.9 Å². The summed E-state index contributed by atoms with van der Waals surface area (Å²) in [6.07, 6.45) is 3.04. The van der Waals surface area contributed by atoms with Crippen molar-refractivity contribution in [3.63, 3.8) is 0 Å². The van der Waals surface area contributed by atoms with E-state index in [9.17, 15) is 18.8 Å². The summed E-state index contributed by atoms with van der Waals surface area (Å²) in [7, 11) is 1.45. The van der Waals surface area contributed by atoms with Gasteiger partial charge in [0, 0.05) is 5.69 Å². The number of hydrogen-bond acceptors (Lipinski definition) is 6. The highest BCUT2D eigenvalue weighted by atomic mass is 35.5. The minimum atomic E-state index is -0.615. The molecule has 3 amide bonds. The van der Waals surface area contributed by atoms with Gasteiger partial charge in [-0.2, -0.15) is 0 Å². The summed E-state index contributed by atoms with van der Waals surface area (Å²) >= 11 is 6.97. The Morgan fingerprint density at radius 1 is 1.28 bits per heavy atom. The van der Waals surface area contributed by atoms with Gasteiger partial charge in [0.15, 0.2) is 11.5 Å². The van der Waals surface area contributed by atoms with Crippen molar-refractivity contribution in [2.45, 2.75) is 0 Å². The van der Waals surface area contributed by atoms with E-state index in [1.54, 1.807) is 18.2 Å². The molecule has 32 heavy (non-hydrogen) atoms. The molecule has 7 nitrogen and oxygen atoms in total. The normalized spacial score (nSPS) is 14.6. The Kier molecular flexibility index (Phi) is 7.55. The lowest BCUT2D eigenvalue weighted by molar-refractivity contribution is -0.127. The van der Waals surface area contributed by atoms with Crippen molar-refractivity contribution < 1.29 is 28.2 Å². The summed E-state index contributed by atoms with van der Waals surface area (Å²) in [6, 6.07) is 8.30. The van der Waals surface area contributed by atoms with E-state index in [4.69, 9.17) is 21.1 Å². The van der Waals surface area contributed by atoms with E-state index in [-0.39, 0.29) is 16.5 Å². The van der Waals surface area contributed by atoms with Gasteiger partial charge in [0.1, 0.15) is 19.0 Å². The number of halogens is 2. The summed E-state index contributed by atoms with van der Waals surface area (Å²) < 4.78 is 23.8. The monoisotopic (exact) mass is 476 g/mol. The molecule has 1 heterocycles. The Morgan fingerprint density at radius 3 is 2.66 bits per heavy atom.